The van der Waals surface area contributed by atoms with E-state index in [1.807, 2.05) is 0 Å². The summed E-state index contributed by atoms with van der Waals surface area (Å²) in [6.45, 7) is 0. The van der Waals surface area contributed by atoms with Crippen molar-refractivity contribution >= 4 is 6.29 Å². The van der Waals surface area contributed by atoms with Gasteiger partial charge in [-0.15, -0.1) is 0 Å². The van der Waals surface area contributed by atoms with Gasteiger partial charge < -0.3 is 18.6 Å². The van der Waals surface area contributed by atoms with E-state index in [4.69, 9.17) is 18.6 Å². The number of nitrogens with zero attached hydrogens (tertiary/aromatic N) is 1. The molecule has 0 amide bonds. The quantitative estimate of drug-likeness (QED) is 0.770. The number of rotatable bonds is 5. The lowest BCUT2D eigenvalue weighted by atomic mass is 10.2. The second kappa shape index (κ2) is 5.43. The summed E-state index contributed by atoms with van der Waals surface area (Å²) >= 11 is 0. The summed E-state index contributed by atoms with van der Waals surface area (Å²) in [4.78, 5) is 14.6. The van der Waals surface area contributed by atoms with Crippen molar-refractivity contribution in [2.75, 3.05) is 21.3 Å². The van der Waals surface area contributed by atoms with Gasteiger partial charge in [0, 0.05) is 5.56 Å². The van der Waals surface area contributed by atoms with Gasteiger partial charge in [-0.1, -0.05) is 0 Å². The first kappa shape index (κ1) is 12.9. The van der Waals surface area contributed by atoms with Crippen molar-refractivity contribution in [3.05, 3.63) is 24.1 Å². The fourth-order valence-electron chi connectivity index (χ4n) is 1.68. The molecule has 0 aliphatic rings. The highest BCUT2D eigenvalue weighted by molar-refractivity contribution is 5.73. The van der Waals surface area contributed by atoms with Gasteiger partial charge in [0.1, 0.15) is 12.0 Å². The Kier molecular flexibility index (Phi) is 3.70. The van der Waals surface area contributed by atoms with Crippen LogP contribution in [0.5, 0.6) is 17.2 Å². The molecule has 0 radical (unpaired) electrons. The van der Waals surface area contributed by atoms with E-state index < -0.39 is 0 Å². The maximum atomic E-state index is 10.6. The molecule has 0 atom stereocenters. The van der Waals surface area contributed by atoms with E-state index in [0.29, 0.717) is 35.0 Å². The third kappa shape index (κ3) is 2.37. The van der Waals surface area contributed by atoms with Gasteiger partial charge >= 0.3 is 0 Å². The predicted octanol–water partition coefficient (Wildman–Crippen LogP) is 2.18. The Labute approximate surface area is 109 Å². The third-order valence-corrected chi connectivity index (χ3v) is 2.55. The van der Waals surface area contributed by atoms with Crippen molar-refractivity contribution < 1.29 is 23.4 Å². The van der Waals surface area contributed by atoms with Crippen LogP contribution in [0.15, 0.2) is 22.8 Å². The highest BCUT2D eigenvalue weighted by Gasteiger charge is 2.16. The number of carbonyl (C=O) groups excluding carboxylic acids is 1. The predicted molar refractivity (Wildman–Crippen MR) is 67.0 cm³/mol. The molecule has 100 valence electrons. The fraction of sp³-hybridized carbons (Fsp3) is 0.231. The second-order valence-electron chi connectivity index (χ2n) is 3.61. The Hall–Kier alpha value is -2.50. The first-order valence-electron chi connectivity index (χ1n) is 5.44. The Morgan fingerprint density at radius 3 is 2.16 bits per heavy atom. The van der Waals surface area contributed by atoms with Crippen LogP contribution in [0.2, 0.25) is 0 Å². The number of aromatic nitrogens is 1. The zero-order valence-electron chi connectivity index (χ0n) is 10.8. The molecule has 0 saturated carbocycles. The summed E-state index contributed by atoms with van der Waals surface area (Å²) in [5.41, 5.74) is 0.853. The van der Waals surface area contributed by atoms with Crippen LogP contribution >= 0.6 is 0 Å². The standard InChI is InChI=1S/C13H13NO5/c1-16-10-4-8(5-11(17-2)12(10)18-3)13-14-9(6-15)7-19-13/h4-7H,1-3H3. The number of aldehydes is 1. The van der Waals surface area contributed by atoms with Crippen LogP contribution in [0.1, 0.15) is 10.5 Å². The molecular weight excluding hydrogens is 250 g/mol. The maximum absolute atomic E-state index is 10.6. The number of hydrogen-bond donors (Lipinski definition) is 0. The monoisotopic (exact) mass is 263 g/mol. The summed E-state index contributed by atoms with van der Waals surface area (Å²) in [6.07, 6.45) is 1.90. The maximum Gasteiger partial charge on any atom is 0.226 e. The van der Waals surface area contributed by atoms with Crippen LogP contribution in [-0.4, -0.2) is 32.6 Å². The number of hydrogen-bond acceptors (Lipinski definition) is 6. The second-order valence-corrected chi connectivity index (χ2v) is 3.61. The van der Waals surface area contributed by atoms with Gasteiger partial charge in [0.15, 0.2) is 17.8 Å². The molecule has 1 aromatic heterocycles. The molecule has 2 rings (SSSR count). The van der Waals surface area contributed by atoms with Gasteiger partial charge in [-0.25, -0.2) is 4.98 Å². The van der Waals surface area contributed by atoms with Crippen LogP contribution in [0, 0.1) is 0 Å². The SMILES string of the molecule is COc1cc(-c2nc(C=O)co2)cc(OC)c1OC. The zero-order chi connectivity index (χ0) is 13.8. The molecule has 1 aromatic carbocycles. The van der Waals surface area contributed by atoms with E-state index in [1.54, 1.807) is 12.1 Å². The molecule has 0 unspecified atom stereocenters. The first-order valence-corrected chi connectivity index (χ1v) is 5.44. The normalized spacial score (nSPS) is 10.1. The van der Waals surface area contributed by atoms with E-state index in [2.05, 4.69) is 4.98 Å². The lowest BCUT2D eigenvalue weighted by Crippen LogP contribution is -1.95. The minimum absolute atomic E-state index is 0.226. The number of ether oxygens (including phenoxy) is 3. The van der Waals surface area contributed by atoms with E-state index in [0.717, 1.165) is 0 Å². The molecule has 0 saturated heterocycles. The average molecular weight is 263 g/mol. The van der Waals surface area contributed by atoms with Gasteiger partial charge in [0.25, 0.3) is 0 Å². The fourth-order valence-corrected chi connectivity index (χ4v) is 1.68. The van der Waals surface area contributed by atoms with Gasteiger partial charge in [0.05, 0.1) is 21.3 Å². The molecule has 0 aliphatic heterocycles. The molecule has 0 bridgehead atoms. The average Bonchev–Trinajstić information content (AvgIpc) is 2.94. The molecular formula is C13H13NO5. The Balaban J connectivity index is 2.54. The van der Waals surface area contributed by atoms with Crippen molar-refractivity contribution in [2.45, 2.75) is 0 Å². The molecule has 6 heteroatoms. The molecule has 0 N–H and O–H groups in total. The Bertz CT molecular complexity index is 565. The molecule has 19 heavy (non-hydrogen) atoms. The van der Waals surface area contributed by atoms with Gasteiger partial charge in [-0.3, -0.25) is 4.79 Å². The van der Waals surface area contributed by atoms with Crippen LogP contribution in [-0.2, 0) is 0 Å². The number of benzene rings is 1. The molecule has 1 heterocycles. The number of carbonyl (C=O) groups is 1. The Morgan fingerprint density at radius 1 is 1.11 bits per heavy atom. The third-order valence-electron chi connectivity index (χ3n) is 2.55. The molecule has 6 nitrogen and oxygen atoms in total. The highest BCUT2D eigenvalue weighted by atomic mass is 16.5. The van der Waals surface area contributed by atoms with Crippen molar-refractivity contribution in [3.8, 4) is 28.7 Å². The van der Waals surface area contributed by atoms with Crippen LogP contribution < -0.4 is 14.2 Å². The van der Waals surface area contributed by atoms with Crippen molar-refractivity contribution in [1.29, 1.82) is 0 Å². The number of oxazole rings is 1. The minimum Gasteiger partial charge on any atom is -0.493 e. The Morgan fingerprint density at radius 2 is 1.74 bits per heavy atom. The lowest BCUT2D eigenvalue weighted by Gasteiger charge is -2.12. The van der Waals surface area contributed by atoms with Gasteiger partial charge in [-0.05, 0) is 12.1 Å². The van der Waals surface area contributed by atoms with Crippen molar-refractivity contribution in [2.24, 2.45) is 0 Å². The molecule has 2 aromatic rings. The van der Waals surface area contributed by atoms with Gasteiger partial charge in [0.2, 0.25) is 11.6 Å². The summed E-state index contributed by atoms with van der Waals surface area (Å²) in [5.74, 6) is 1.77. The van der Waals surface area contributed by atoms with Crippen LogP contribution in [0.4, 0.5) is 0 Å². The lowest BCUT2D eigenvalue weighted by molar-refractivity contribution is 0.111. The topological polar surface area (TPSA) is 70.8 Å². The van der Waals surface area contributed by atoms with Crippen LogP contribution in [0.25, 0.3) is 11.5 Å². The van der Waals surface area contributed by atoms with Crippen molar-refractivity contribution in [3.63, 3.8) is 0 Å². The number of methoxy groups -OCH3 is 3. The summed E-state index contributed by atoms with van der Waals surface area (Å²) in [5, 5.41) is 0. The largest absolute Gasteiger partial charge is 0.493 e. The van der Waals surface area contributed by atoms with Crippen LogP contribution in [0.3, 0.4) is 0 Å². The summed E-state index contributed by atoms with van der Waals surface area (Å²) in [6, 6.07) is 3.39. The van der Waals surface area contributed by atoms with E-state index >= 15 is 0 Å². The molecule has 0 fully saturated rings. The van der Waals surface area contributed by atoms with E-state index in [-0.39, 0.29) is 5.69 Å². The first-order chi connectivity index (χ1) is 9.23. The zero-order valence-corrected chi connectivity index (χ0v) is 10.8. The summed E-state index contributed by atoms with van der Waals surface area (Å²) < 4.78 is 20.9. The van der Waals surface area contributed by atoms with E-state index in [9.17, 15) is 4.79 Å². The highest BCUT2D eigenvalue weighted by Crippen LogP contribution is 2.40. The smallest absolute Gasteiger partial charge is 0.226 e. The summed E-state index contributed by atoms with van der Waals surface area (Å²) in [7, 11) is 4.57. The van der Waals surface area contributed by atoms with E-state index in [1.165, 1.54) is 27.6 Å². The van der Waals surface area contributed by atoms with Gasteiger partial charge in [-0.2, -0.15) is 0 Å². The van der Waals surface area contributed by atoms with Crippen molar-refractivity contribution in [1.82, 2.24) is 4.98 Å². The molecule has 0 aliphatic carbocycles. The molecule has 0 spiro atoms. The minimum atomic E-state index is 0.226.